The highest BCUT2D eigenvalue weighted by molar-refractivity contribution is 4.68. The molecule has 1 saturated heterocycles. The fourth-order valence-electron chi connectivity index (χ4n) is 1.63. The number of rotatable bonds is 2. The fraction of sp³-hybridized carbons (Fsp3) is 1.00. The number of ether oxygens (including phenoxy) is 1. The van der Waals surface area contributed by atoms with Gasteiger partial charge in [0.2, 0.25) is 0 Å². The van der Waals surface area contributed by atoms with Crippen molar-refractivity contribution in [3.63, 3.8) is 0 Å². The van der Waals surface area contributed by atoms with Crippen molar-refractivity contribution in [2.24, 2.45) is 5.92 Å². The highest BCUT2D eigenvalue weighted by Gasteiger charge is 2.16. The minimum absolute atomic E-state index is 0.0275. The van der Waals surface area contributed by atoms with Gasteiger partial charge in [-0.25, -0.2) is 0 Å². The second-order valence-corrected chi connectivity index (χ2v) is 4.97. The molecule has 0 bridgehead atoms. The lowest BCUT2D eigenvalue weighted by molar-refractivity contribution is -0.0239. The van der Waals surface area contributed by atoms with Crippen molar-refractivity contribution in [2.45, 2.75) is 45.6 Å². The van der Waals surface area contributed by atoms with Gasteiger partial charge in [-0.1, -0.05) is 0 Å². The van der Waals surface area contributed by atoms with E-state index in [1.54, 1.807) is 0 Å². The molecule has 1 fully saturated rings. The van der Waals surface area contributed by atoms with Crippen LogP contribution in [0.3, 0.4) is 0 Å². The van der Waals surface area contributed by atoms with Crippen LogP contribution in [0.4, 0.5) is 0 Å². The summed E-state index contributed by atoms with van der Waals surface area (Å²) in [6.07, 6.45) is 3.90. The average Bonchev–Trinajstić information content (AvgIpc) is 2.26. The van der Waals surface area contributed by atoms with Crippen molar-refractivity contribution in [3.8, 4) is 0 Å². The Morgan fingerprint density at radius 2 is 2.00 bits per heavy atom. The quantitative estimate of drug-likeness (QED) is 0.712. The van der Waals surface area contributed by atoms with Crippen molar-refractivity contribution in [2.75, 3.05) is 19.7 Å². The summed E-state index contributed by atoms with van der Waals surface area (Å²) in [7, 11) is 0. The summed E-state index contributed by atoms with van der Waals surface area (Å²) in [5.74, 6) is 0.772. The Kier molecular flexibility index (Phi) is 4.20. The molecule has 2 nitrogen and oxygen atoms in total. The third kappa shape index (κ3) is 5.27. The Hall–Kier alpha value is -0.0800. The summed E-state index contributed by atoms with van der Waals surface area (Å²) in [4.78, 5) is 0. The van der Waals surface area contributed by atoms with E-state index < -0.39 is 0 Å². The first-order chi connectivity index (χ1) is 6.08. The van der Waals surface area contributed by atoms with Crippen molar-refractivity contribution in [3.05, 3.63) is 0 Å². The Balaban J connectivity index is 2.19. The minimum Gasteiger partial charge on any atom is -0.376 e. The van der Waals surface area contributed by atoms with Gasteiger partial charge in [0.1, 0.15) is 0 Å². The van der Waals surface area contributed by atoms with E-state index in [9.17, 15) is 0 Å². The third-order valence-corrected chi connectivity index (χ3v) is 2.45. The minimum atomic E-state index is 0.0275. The highest BCUT2D eigenvalue weighted by atomic mass is 16.5. The largest absolute Gasteiger partial charge is 0.376 e. The third-order valence-electron chi connectivity index (χ3n) is 2.45. The second kappa shape index (κ2) is 4.97. The van der Waals surface area contributed by atoms with Gasteiger partial charge in [-0.15, -0.1) is 0 Å². The summed E-state index contributed by atoms with van der Waals surface area (Å²) in [6, 6.07) is 0. The molecule has 1 atom stereocenters. The maximum atomic E-state index is 5.80. The molecular weight excluding hydrogens is 162 g/mol. The monoisotopic (exact) mass is 185 g/mol. The SMILES string of the molecule is CC(C)(C)OCC1CCCNCC1. The van der Waals surface area contributed by atoms with Gasteiger partial charge < -0.3 is 10.1 Å². The molecule has 13 heavy (non-hydrogen) atoms. The first-order valence-electron chi connectivity index (χ1n) is 5.42. The van der Waals surface area contributed by atoms with E-state index in [2.05, 4.69) is 26.1 Å². The van der Waals surface area contributed by atoms with E-state index >= 15 is 0 Å². The maximum absolute atomic E-state index is 5.80. The van der Waals surface area contributed by atoms with Crippen molar-refractivity contribution >= 4 is 0 Å². The summed E-state index contributed by atoms with van der Waals surface area (Å²) in [5, 5.41) is 3.42. The molecule has 0 aromatic heterocycles. The van der Waals surface area contributed by atoms with Crippen molar-refractivity contribution in [1.82, 2.24) is 5.32 Å². The lowest BCUT2D eigenvalue weighted by Crippen LogP contribution is -2.24. The highest BCUT2D eigenvalue weighted by Crippen LogP contribution is 2.17. The summed E-state index contributed by atoms with van der Waals surface area (Å²) < 4.78 is 5.80. The van der Waals surface area contributed by atoms with E-state index in [0.29, 0.717) is 0 Å². The molecule has 1 aliphatic rings. The summed E-state index contributed by atoms with van der Waals surface area (Å²) in [5.41, 5.74) is 0.0275. The van der Waals surface area contributed by atoms with E-state index in [4.69, 9.17) is 4.74 Å². The van der Waals surface area contributed by atoms with E-state index in [0.717, 1.165) is 19.1 Å². The van der Waals surface area contributed by atoms with E-state index in [1.807, 2.05) is 0 Å². The Bertz CT molecular complexity index is 132. The Labute approximate surface area is 82.0 Å². The zero-order valence-corrected chi connectivity index (χ0v) is 9.23. The normalized spacial score (nSPS) is 25.6. The van der Waals surface area contributed by atoms with E-state index in [1.165, 1.54) is 25.8 Å². The Morgan fingerprint density at radius 1 is 1.23 bits per heavy atom. The van der Waals surface area contributed by atoms with Gasteiger partial charge in [-0.05, 0) is 59.0 Å². The topological polar surface area (TPSA) is 21.3 Å². The molecule has 0 spiro atoms. The van der Waals surface area contributed by atoms with E-state index in [-0.39, 0.29) is 5.60 Å². The molecule has 1 heterocycles. The van der Waals surface area contributed by atoms with Crippen LogP contribution in [0.2, 0.25) is 0 Å². The van der Waals surface area contributed by atoms with Crippen LogP contribution in [0, 0.1) is 5.92 Å². The van der Waals surface area contributed by atoms with Gasteiger partial charge in [-0.2, -0.15) is 0 Å². The molecule has 78 valence electrons. The number of nitrogens with one attached hydrogen (secondary N) is 1. The second-order valence-electron chi connectivity index (χ2n) is 4.97. The molecule has 0 aromatic rings. The van der Waals surface area contributed by atoms with Gasteiger partial charge in [0.25, 0.3) is 0 Å². The fourth-order valence-corrected chi connectivity index (χ4v) is 1.63. The molecule has 1 unspecified atom stereocenters. The van der Waals surface area contributed by atoms with Crippen LogP contribution in [0.15, 0.2) is 0 Å². The molecule has 1 aliphatic heterocycles. The maximum Gasteiger partial charge on any atom is 0.0598 e. The first kappa shape index (κ1) is 11.0. The van der Waals surface area contributed by atoms with Gasteiger partial charge in [0.05, 0.1) is 12.2 Å². The molecule has 1 N–H and O–H groups in total. The smallest absolute Gasteiger partial charge is 0.0598 e. The zero-order valence-electron chi connectivity index (χ0n) is 9.23. The van der Waals surface area contributed by atoms with Crippen LogP contribution in [0.5, 0.6) is 0 Å². The van der Waals surface area contributed by atoms with Crippen LogP contribution < -0.4 is 5.32 Å². The van der Waals surface area contributed by atoms with Gasteiger partial charge in [0.15, 0.2) is 0 Å². The lowest BCUT2D eigenvalue weighted by atomic mass is 10.0. The Morgan fingerprint density at radius 3 is 2.69 bits per heavy atom. The molecule has 0 aromatic carbocycles. The number of hydrogen-bond acceptors (Lipinski definition) is 2. The van der Waals surface area contributed by atoms with Gasteiger partial charge in [-0.3, -0.25) is 0 Å². The molecule has 0 saturated carbocycles. The molecule has 0 aliphatic carbocycles. The van der Waals surface area contributed by atoms with Crippen molar-refractivity contribution < 1.29 is 4.74 Å². The lowest BCUT2D eigenvalue weighted by Gasteiger charge is -2.23. The van der Waals surface area contributed by atoms with Crippen LogP contribution >= 0.6 is 0 Å². The van der Waals surface area contributed by atoms with Crippen LogP contribution in [-0.4, -0.2) is 25.3 Å². The average molecular weight is 185 g/mol. The molecule has 0 amide bonds. The van der Waals surface area contributed by atoms with Crippen LogP contribution in [-0.2, 0) is 4.74 Å². The predicted octanol–water partition coefficient (Wildman–Crippen LogP) is 2.19. The van der Waals surface area contributed by atoms with Gasteiger partial charge in [0, 0.05) is 0 Å². The summed E-state index contributed by atoms with van der Waals surface area (Å²) in [6.45, 7) is 9.67. The standard InChI is InChI=1S/C11H23NO/c1-11(2,3)13-9-10-5-4-7-12-8-6-10/h10,12H,4-9H2,1-3H3. The molecular formula is C11H23NO. The van der Waals surface area contributed by atoms with Gasteiger partial charge >= 0.3 is 0 Å². The molecule has 0 radical (unpaired) electrons. The number of hydrogen-bond donors (Lipinski definition) is 1. The summed E-state index contributed by atoms with van der Waals surface area (Å²) >= 11 is 0. The predicted molar refractivity (Wildman–Crippen MR) is 55.9 cm³/mol. The molecule has 2 heteroatoms. The first-order valence-corrected chi connectivity index (χ1v) is 5.42. The zero-order chi connectivity index (χ0) is 9.73. The van der Waals surface area contributed by atoms with Crippen LogP contribution in [0.1, 0.15) is 40.0 Å². The van der Waals surface area contributed by atoms with Crippen LogP contribution in [0.25, 0.3) is 0 Å². The molecule has 1 rings (SSSR count). The van der Waals surface area contributed by atoms with Crippen molar-refractivity contribution in [1.29, 1.82) is 0 Å².